The Kier molecular flexibility index (Phi) is 5.25. The number of rotatable bonds is 7. The van der Waals surface area contributed by atoms with Gasteiger partial charge in [0.15, 0.2) is 0 Å². The predicted molar refractivity (Wildman–Crippen MR) is 78.7 cm³/mol. The van der Waals surface area contributed by atoms with Gasteiger partial charge in [-0.25, -0.2) is 0 Å². The first-order valence-corrected chi connectivity index (χ1v) is 7.53. The minimum absolute atomic E-state index is 0.635. The molecule has 100 valence electrons. The molecular formula is C17H27N. The predicted octanol–water partition coefficient (Wildman–Crippen LogP) is 4.03. The molecule has 1 aliphatic carbocycles. The lowest BCUT2D eigenvalue weighted by molar-refractivity contribution is 0.155. The number of aryl methyl sites for hydroxylation is 1. The Morgan fingerprint density at radius 2 is 1.83 bits per heavy atom. The van der Waals surface area contributed by atoms with Crippen LogP contribution < -0.4 is 5.32 Å². The summed E-state index contributed by atoms with van der Waals surface area (Å²) in [7, 11) is 0. The molecule has 0 aromatic heterocycles. The highest BCUT2D eigenvalue weighted by Crippen LogP contribution is 2.37. The molecule has 0 aliphatic heterocycles. The van der Waals surface area contributed by atoms with E-state index >= 15 is 0 Å². The lowest BCUT2D eigenvalue weighted by Gasteiger charge is -2.37. The number of hydrogen-bond donors (Lipinski definition) is 1. The van der Waals surface area contributed by atoms with Crippen LogP contribution in [0, 0.1) is 11.8 Å². The van der Waals surface area contributed by atoms with E-state index in [4.69, 9.17) is 0 Å². The normalized spacial score (nSPS) is 23.1. The first kappa shape index (κ1) is 13.6. The van der Waals surface area contributed by atoms with Crippen molar-refractivity contribution in [3.05, 3.63) is 35.9 Å². The SMILES string of the molecule is CC(C)NCC1CCC1CCCc1ccccc1. The van der Waals surface area contributed by atoms with Crippen molar-refractivity contribution in [3.8, 4) is 0 Å². The molecule has 1 heteroatoms. The van der Waals surface area contributed by atoms with Crippen LogP contribution >= 0.6 is 0 Å². The van der Waals surface area contributed by atoms with Crippen molar-refractivity contribution in [2.45, 2.75) is 52.0 Å². The van der Waals surface area contributed by atoms with Crippen molar-refractivity contribution in [1.82, 2.24) is 5.32 Å². The summed E-state index contributed by atoms with van der Waals surface area (Å²) in [5.74, 6) is 1.93. The summed E-state index contributed by atoms with van der Waals surface area (Å²) in [6, 6.07) is 11.5. The van der Waals surface area contributed by atoms with Gasteiger partial charge in [0.1, 0.15) is 0 Å². The van der Waals surface area contributed by atoms with Crippen LogP contribution in [0.5, 0.6) is 0 Å². The highest BCUT2D eigenvalue weighted by molar-refractivity contribution is 5.14. The number of nitrogens with one attached hydrogen (secondary N) is 1. The van der Waals surface area contributed by atoms with Crippen LogP contribution in [0.4, 0.5) is 0 Å². The Morgan fingerprint density at radius 1 is 1.11 bits per heavy atom. The Bertz CT molecular complexity index is 331. The van der Waals surface area contributed by atoms with Crippen LogP contribution in [0.15, 0.2) is 30.3 Å². The number of benzene rings is 1. The first-order valence-electron chi connectivity index (χ1n) is 7.53. The second-order valence-electron chi connectivity index (χ2n) is 6.04. The Morgan fingerprint density at radius 3 is 2.44 bits per heavy atom. The minimum atomic E-state index is 0.635. The summed E-state index contributed by atoms with van der Waals surface area (Å²) in [6.07, 6.45) is 6.92. The third-order valence-electron chi connectivity index (χ3n) is 4.25. The van der Waals surface area contributed by atoms with Crippen molar-refractivity contribution in [2.24, 2.45) is 11.8 Å². The van der Waals surface area contributed by atoms with Gasteiger partial charge in [-0.2, -0.15) is 0 Å². The third-order valence-corrected chi connectivity index (χ3v) is 4.25. The Labute approximate surface area is 112 Å². The molecular weight excluding hydrogens is 218 g/mol. The van der Waals surface area contributed by atoms with Crippen molar-refractivity contribution in [3.63, 3.8) is 0 Å². The summed E-state index contributed by atoms with van der Waals surface area (Å²) in [5, 5.41) is 3.59. The van der Waals surface area contributed by atoms with E-state index in [9.17, 15) is 0 Å². The van der Waals surface area contributed by atoms with Gasteiger partial charge in [-0.05, 0) is 56.0 Å². The zero-order valence-electron chi connectivity index (χ0n) is 11.9. The molecule has 0 radical (unpaired) electrons. The zero-order chi connectivity index (χ0) is 12.8. The van der Waals surface area contributed by atoms with Crippen LogP contribution in [-0.2, 0) is 6.42 Å². The van der Waals surface area contributed by atoms with E-state index in [2.05, 4.69) is 49.5 Å². The van der Waals surface area contributed by atoms with Crippen molar-refractivity contribution in [2.75, 3.05) is 6.54 Å². The molecule has 1 nitrogen and oxygen atoms in total. The van der Waals surface area contributed by atoms with Gasteiger partial charge < -0.3 is 5.32 Å². The van der Waals surface area contributed by atoms with Crippen molar-refractivity contribution < 1.29 is 0 Å². The van der Waals surface area contributed by atoms with E-state index in [-0.39, 0.29) is 0 Å². The molecule has 0 saturated heterocycles. The topological polar surface area (TPSA) is 12.0 Å². The van der Waals surface area contributed by atoms with Crippen molar-refractivity contribution >= 4 is 0 Å². The molecule has 1 aromatic carbocycles. The van der Waals surface area contributed by atoms with E-state index < -0.39 is 0 Å². The summed E-state index contributed by atoms with van der Waals surface area (Å²) < 4.78 is 0. The molecule has 1 saturated carbocycles. The van der Waals surface area contributed by atoms with E-state index in [0.717, 1.165) is 11.8 Å². The second-order valence-corrected chi connectivity index (χ2v) is 6.04. The largest absolute Gasteiger partial charge is 0.314 e. The lowest BCUT2D eigenvalue weighted by atomic mass is 9.71. The molecule has 0 bridgehead atoms. The average molecular weight is 245 g/mol. The van der Waals surface area contributed by atoms with E-state index in [1.165, 1.54) is 44.2 Å². The minimum Gasteiger partial charge on any atom is -0.314 e. The number of hydrogen-bond acceptors (Lipinski definition) is 1. The third kappa shape index (κ3) is 4.13. The van der Waals surface area contributed by atoms with Crippen LogP contribution in [-0.4, -0.2) is 12.6 Å². The highest BCUT2D eigenvalue weighted by Gasteiger charge is 2.29. The molecule has 1 fully saturated rings. The fraction of sp³-hybridized carbons (Fsp3) is 0.647. The van der Waals surface area contributed by atoms with Gasteiger partial charge >= 0.3 is 0 Å². The molecule has 18 heavy (non-hydrogen) atoms. The van der Waals surface area contributed by atoms with Gasteiger partial charge in [0.2, 0.25) is 0 Å². The van der Waals surface area contributed by atoms with Gasteiger partial charge in [0.25, 0.3) is 0 Å². The zero-order valence-corrected chi connectivity index (χ0v) is 11.9. The quantitative estimate of drug-likeness (QED) is 0.764. The first-order chi connectivity index (χ1) is 8.75. The smallest absolute Gasteiger partial charge is 0.00104 e. The summed E-state index contributed by atoms with van der Waals surface area (Å²) in [6.45, 7) is 5.71. The maximum atomic E-state index is 3.59. The molecule has 2 rings (SSSR count). The standard InChI is InChI=1S/C17H27N/c1-14(2)18-13-17-12-11-16(17)10-6-9-15-7-4-3-5-8-15/h3-5,7-8,14,16-18H,6,9-13H2,1-2H3. The van der Waals surface area contributed by atoms with Crippen molar-refractivity contribution in [1.29, 1.82) is 0 Å². The second kappa shape index (κ2) is 6.94. The molecule has 2 unspecified atom stereocenters. The maximum absolute atomic E-state index is 3.59. The Hall–Kier alpha value is -0.820. The van der Waals surface area contributed by atoms with Gasteiger partial charge in [0, 0.05) is 6.04 Å². The summed E-state index contributed by atoms with van der Waals surface area (Å²) in [5.41, 5.74) is 1.49. The van der Waals surface area contributed by atoms with Crippen LogP contribution in [0.1, 0.15) is 45.1 Å². The van der Waals surface area contributed by atoms with E-state index in [1.807, 2.05) is 0 Å². The molecule has 1 aliphatic rings. The van der Waals surface area contributed by atoms with Crippen LogP contribution in [0.2, 0.25) is 0 Å². The van der Waals surface area contributed by atoms with Gasteiger partial charge in [-0.3, -0.25) is 0 Å². The lowest BCUT2D eigenvalue weighted by Crippen LogP contribution is -2.37. The fourth-order valence-corrected chi connectivity index (χ4v) is 2.89. The molecule has 0 spiro atoms. The summed E-state index contributed by atoms with van der Waals surface area (Å²) in [4.78, 5) is 0. The van der Waals surface area contributed by atoms with Gasteiger partial charge in [-0.1, -0.05) is 44.2 Å². The van der Waals surface area contributed by atoms with Gasteiger partial charge in [-0.15, -0.1) is 0 Å². The van der Waals surface area contributed by atoms with Crippen LogP contribution in [0.3, 0.4) is 0 Å². The molecule has 2 atom stereocenters. The van der Waals surface area contributed by atoms with E-state index in [1.54, 1.807) is 0 Å². The van der Waals surface area contributed by atoms with Gasteiger partial charge in [0.05, 0.1) is 0 Å². The monoisotopic (exact) mass is 245 g/mol. The molecule has 1 aromatic rings. The van der Waals surface area contributed by atoms with E-state index in [0.29, 0.717) is 6.04 Å². The van der Waals surface area contributed by atoms with Crippen LogP contribution in [0.25, 0.3) is 0 Å². The summed E-state index contributed by atoms with van der Waals surface area (Å²) >= 11 is 0. The molecule has 0 amide bonds. The highest BCUT2D eigenvalue weighted by atomic mass is 14.9. The Balaban J connectivity index is 1.62. The average Bonchev–Trinajstić information content (AvgIpc) is 2.34. The maximum Gasteiger partial charge on any atom is 0.00104 e. The fourth-order valence-electron chi connectivity index (χ4n) is 2.89. The molecule has 1 N–H and O–H groups in total. The molecule has 0 heterocycles.